The third-order valence-corrected chi connectivity index (χ3v) is 5.32. The molecule has 3 heterocycles. The summed E-state index contributed by atoms with van der Waals surface area (Å²) in [7, 11) is -3.48. The fourth-order valence-corrected chi connectivity index (χ4v) is 4.01. The van der Waals surface area contributed by atoms with E-state index in [1.54, 1.807) is 48.5 Å². The zero-order valence-corrected chi connectivity index (χ0v) is 17.6. The highest BCUT2D eigenvalue weighted by atomic mass is 79.9. The molecular formula is C19H16BrN3O5S. The summed E-state index contributed by atoms with van der Waals surface area (Å²) in [6.45, 7) is 0. The predicted octanol–water partition coefficient (Wildman–Crippen LogP) is 4.00. The van der Waals surface area contributed by atoms with Gasteiger partial charge < -0.3 is 8.83 Å². The highest BCUT2D eigenvalue weighted by molar-refractivity contribution is 9.10. The van der Waals surface area contributed by atoms with E-state index >= 15 is 0 Å². The summed E-state index contributed by atoms with van der Waals surface area (Å²) in [6, 6.07) is 13.1. The van der Waals surface area contributed by atoms with Gasteiger partial charge in [0.05, 0.1) is 23.9 Å². The lowest BCUT2D eigenvalue weighted by molar-refractivity contribution is 0.0659. The van der Waals surface area contributed by atoms with E-state index in [1.165, 1.54) is 11.3 Å². The number of nitrogens with zero attached hydrogens (tertiary/aromatic N) is 2. The Balaban J connectivity index is 1.75. The lowest BCUT2D eigenvalue weighted by atomic mass is 10.0. The van der Waals surface area contributed by atoms with E-state index in [9.17, 15) is 13.2 Å². The van der Waals surface area contributed by atoms with Crippen molar-refractivity contribution < 1.29 is 22.0 Å². The molecule has 8 nitrogen and oxygen atoms in total. The SMILES string of the molecule is CS(=O)(=O)Nc1ccccc1C1=NN(C(=O)c2ccc(Br)o2)[C@H](c2ccco2)C1. The zero-order chi connectivity index (χ0) is 20.6. The van der Waals surface area contributed by atoms with Gasteiger partial charge in [0.15, 0.2) is 10.4 Å². The predicted molar refractivity (Wildman–Crippen MR) is 110 cm³/mol. The summed E-state index contributed by atoms with van der Waals surface area (Å²) >= 11 is 3.19. The first-order valence-corrected chi connectivity index (χ1v) is 11.3. The molecule has 0 spiro atoms. The molecule has 1 N–H and O–H groups in total. The van der Waals surface area contributed by atoms with E-state index in [4.69, 9.17) is 8.83 Å². The van der Waals surface area contributed by atoms with Crippen molar-refractivity contribution >= 4 is 43.3 Å². The number of carbonyl (C=O) groups is 1. The molecule has 0 unspecified atom stereocenters. The van der Waals surface area contributed by atoms with Crippen molar-refractivity contribution in [3.63, 3.8) is 0 Å². The summed E-state index contributed by atoms with van der Waals surface area (Å²) < 4.78 is 37.3. The molecule has 0 fully saturated rings. The van der Waals surface area contributed by atoms with Gasteiger partial charge in [-0.15, -0.1) is 0 Å². The molecule has 10 heteroatoms. The third-order valence-electron chi connectivity index (χ3n) is 4.31. The molecule has 0 saturated heterocycles. The Hall–Kier alpha value is -2.85. The largest absolute Gasteiger partial charge is 0.467 e. The van der Waals surface area contributed by atoms with Gasteiger partial charge >= 0.3 is 5.91 Å². The molecule has 2 aromatic heterocycles. The van der Waals surface area contributed by atoms with Gasteiger partial charge in [-0.2, -0.15) is 5.10 Å². The molecule has 150 valence electrons. The van der Waals surface area contributed by atoms with Gasteiger partial charge in [0.25, 0.3) is 0 Å². The van der Waals surface area contributed by atoms with E-state index in [-0.39, 0.29) is 5.76 Å². The van der Waals surface area contributed by atoms with Crippen LogP contribution in [0.5, 0.6) is 0 Å². The first-order valence-electron chi connectivity index (χ1n) is 8.59. The van der Waals surface area contributed by atoms with Crippen LogP contribution in [0.3, 0.4) is 0 Å². The van der Waals surface area contributed by atoms with E-state index in [0.717, 1.165) is 6.26 Å². The molecule has 0 aliphatic carbocycles. The van der Waals surface area contributed by atoms with Crippen LogP contribution in [0.4, 0.5) is 5.69 Å². The molecule has 1 aromatic carbocycles. The second-order valence-corrected chi connectivity index (χ2v) is 8.99. The maximum Gasteiger partial charge on any atom is 0.310 e. The number of carbonyl (C=O) groups excluding carboxylic acids is 1. The van der Waals surface area contributed by atoms with Crippen LogP contribution in [0, 0.1) is 0 Å². The van der Waals surface area contributed by atoms with Crippen molar-refractivity contribution in [2.75, 3.05) is 11.0 Å². The summed E-state index contributed by atoms with van der Waals surface area (Å²) in [6.07, 6.45) is 2.96. The number of nitrogens with one attached hydrogen (secondary N) is 1. The Kier molecular flexibility index (Phi) is 5.05. The standard InChI is InChI=1S/C19H16BrN3O5S/c1-29(25,26)22-13-6-3-2-5-12(13)14-11-15(16-7-4-10-27-16)23(21-14)19(24)17-8-9-18(20)28-17/h2-10,15,22H,11H2,1H3/t15-/m0/s1. The smallest absolute Gasteiger partial charge is 0.310 e. The van der Waals surface area contributed by atoms with Crippen molar-refractivity contribution in [2.24, 2.45) is 5.10 Å². The lowest BCUT2D eigenvalue weighted by Gasteiger charge is -2.18. The van der Waals surface area contributed by atoms with Crippen LogP contribution in [0.15, 0.2) is 73.4 Å². The topological polar surface area (TPSA) is 105 Å². The first-order chi connectivity index (χ1) is 13.8. The van der Waals surface area contributed by atoms with Gasteiger partial charge in [0, 0.05) is 12.0 Å². The summed E-state index contributed by atoms with van der Waals surface area (Å²) in [5, 5.41) is 5.80. The van der Waals surface area contributed by atoms with Crippen molar-refractivity contribution in [3.8, 4) is 0 Å². The number of hydrogen-bond acceptors (Lipinski definition) is 6. The normalized spacial score (nSPS) is 16.7. The molecule has 1 aliphatic heterocycles. The second kappa shape index (κ2) is 7.53. The van der Waals surface area contributed by atoms with Crippen molar-refractivity contribution in [1.82, 2.24) is 5.01 Å². The van der Waals surface area contributed by atoms with Crippen molar-refractivity contribution in [1.29, 1.82) is 0 Å². The minimum absolute atomic E-state index is 0.126. The number of amides is 1. The number of sulfonamides is 1. The van der Waals surface area contributed by atoms with Crippen LogP contribution >= 0.6 is 15.9 Å². The zero-order valence-electron chi connectivity index (χ0n) is 15.2. The van der Waals surface area contributed by atoms with Crippen LogP contribution in [0.25, 0.3) is 0 Å². The molecule has 0 bridgehead atoms. The highest BCUT2D eigenvalue weighted by Gasteiger charge is 2.37. The molecule has 0 radical (unpaired) electrons. The number of rotatable bonds is 5. The number of halogens is 1. The summed E-state index contributed by atoms with van der Waals surface area (Å²) in [5.41, 5.74) is 1.53. The number of benzene rings is 1. The van der Waals surface area contributed by atoms with Crippen LogP contribution < -0.4 is 4.72 Å². The minimum atomic E-state index is -3.48. The Morgan fingerprint density at radius 2 is 2.00 bits per heavy atom. The third kappa shape index (κ3) is 4.13. The van der Waals surface area contributed by atoms with Crippen molar-refractivity contribution in [3.05, 3.63) is 76.5 Å². The molecule has 4 rings (SSSR count). The molecule has 1 amide bonds. The molecule has 1 atom stereocenters. The minimum Gasteiger partial charge on any atom is -0.467 e. The van der Waals surface area contributed by atoms with E-state index < -0.39 is 22.0 Å². The number of anilines is 1. The van der Waals surface area contributed by atoms with Gasteiger partial charge in [-0.25, -0.2) is 13.4 Å². The highest BCUT2D eigenvalue weighted by Crippen LogP contribution is 2.36. The summed E-state index contributed by atoms with van der Waals surface area (Å²) in [4.78, 5) is 13.0. The number of hydrogen-bond donors (Lipinski definition) is 1. The monoisotopic (exact) mass is 477 g/mol. The van der Waals surface area contributed by atoms with Gasteiger partial charge in [-0.3, -0.25) is 9.52 Å². The Morgan fingerprint density at radius 3 is 2.66 bits per heavy atom. The van der Waals surface area contributed by atoms with Gasteiger partial charge in [0.1, 0.15) is 11.8 Å². The Morgan fingerprint density at radius 1 is 1.21 bits per heavy atom. The molecule has 3 aromatic rings. The molecule has 1 aliphatic rings. The van der Waals surface area contributed by atoms with E-state index in [0.29, 0.717) is 33.8 Å². The van der Waals surface area contributed by atoms with Crippen LogP contribution in [-0.4, -0.2) is 31.3 Å². The van der Waals surface area contributed by atoms with Crippen molar-refractivity contribution in [2.45, 2.75) is 12.5 Å². The van der Waals surface area contributed by atoms with Gasteiger partial charge in [0.2, 0.25) is 10.0 Å². The number of furan rings is 2. The first kappa shape index (κ1) is 19.5. The molecule has 0 saturated carbocycles. The van der Waals surface area contributed by atoms with Gasteiger partial charge in [-0.1, -0.05) is 18.2 Å². The summed E-state index contributed by atoms with van der Waals surface area (Å²) in [5.74, 6) is 0.262. The average molecular weight is 478 g/mol. The fourth-order valence-electron chi connectivity index (χ4n) is 3.13. The fraction of sp³-hybridized carbons (Fsp3) is 0.158. The average Bonchev–Trinajstić information content (AvgIpc) is 3.40. The number of para-hydroxylation sites is 1. The maximum atomic E-state index is 13.0. The molecular weight excluding hydrogens is 462 g/mol. The Bertz CT molecular complexity index is 1180. The number of hydrazone groups is 1. The Labute approximate surface area is 175 Å². The van der Waals surface area contributed by atoms with Crippen LogP contribution in [-0.2, 0) is 10.0 Å². The van der Waals surface area contributed by atoms with E-state index in [1.807, 2.05) is 0 Å². The van der Waals surface area contributed by atoms with Crippen LogP contribution in [0.2, 0.25) is 0 Å². The van der Waals surface area contributed by atoms with Gasteiger partial charge in [-0.05, 0) is 46.3 Å². The quantitative estimate of drug-likeness (QED) is 0.597. The molecule has 29 heavy (non-hydrogen) atoms. The second-order valence-electron chi connectivity index (χ2n) is 6.46. The lowest BCUT2D eigenvalue weighted by Crippen LogP contribution is -2.26. The van der Waals surface area contributed by atoms with E-state index in [2.05, 4.69) is 25.8 Å². The maximum absolute atomic E-state index is 13.0. The van der Waals surface area contributed by atoms with Crippen LogP contribution in [0.1, 0.15) is 34.3 Å².